The molecule has 0 bridgehead atoms. The quantitative estimate of drug-likeness (QED) is 0.606. The maximum Gasteiger partial charge on any atom is 0.251 e. The minimum atomic E-state index is -0.658. The lowest BCUT2D eigenvalue weighted by molar-refractivity contribution is -0.139. The van der Waals surface area contributed by atoms with Crippen LogP contribution in [0.1, 0.15) is 62.7 Å². The monoisotopic (exact) mass is 511 g/mol. The largest absolute Gasteiger partial charge is 0.377 e. The van der Waals surface area contributed by atoms with E-state index < -0.39 is 18.2 Å². The van der Waals surface area contributed by atoms with Crippen molar-refractivity contribution >= 4 is 23.3 Å². The van der Waals surface area contributed by atoms with Gasteiger partial charge in [-0.25, -0.2) is 0 Å². The lowest BCUT2D eigenvalue weighted by atomic mass is 9.86. The van der Waals surface area contributed by atoms with E-state index in [1.54, 1.807) is 12.0 Å². The molecule has 8 heteroatoms. The smallest absolute Gasteiger partial charge is 0.251 e. The SMILES string of the molecule is CO[C@H]1CN(C(=O)[C@@H](NC(=O)c2ccc(N3CCC(C(C)C)CC3)cc2)C2CCCC2)[C@@H]2C(=O)CO[C@H]12. The Morgan fingerprint density at radius 2 is 1.70 bits per heavy atom. The van der Waals surface area contributed by atoms with Crippen LogP contribution in [0.15, 0.2) is 24.3 Å². The lowest BCUT2D eigenvalue weighted by Crippen LogP contribution is -2.54. The number of rotatable bonds is 7. The van der Waals surface area contributed by atoms with Crippen LogP contribution in [0.4, 0.5) is 5.69 Å². The van der Waals surface area contributed by atoms with Crippen LogP contribution in [0.5, 0.6) is 0 Å². The Morgan fingerprint density at radius 1 is 1.03 bits per heavy atom. The first kappa shape index (κ1) is 26.2. The molecule has 1 saturated carbocycles. The number of hydrogen-bond donors (Lipinski definition) is 1. The molecule has 3 heterocycles. The van der Waals surface area contributed by atoms with E-state index in [4.69, 9.17) is 9.47 Å². The minimum Gasteiger partial charge on any atom is -0.377 e. The Labute approximate surface area is 220 Å². The second-order valence-corrected chi connectivity index (χ2v) is 11.6. The Hall–Kier alpha value is -2.45. The third kappa shape index (κ3) is 5.28. The van der Waals surface area contributed by atoms with E-state index in [1.807, 2.05) is 24.3 Å². The average Bonchev–Trinajstić information content (AvgIpc) is 3.66. The molecule has 202 valence electrons. The van der Waals surface area contributed by atoms with Gasteiger partial charge in [0.1, 0.15) is 30.9 Å². The van der Waals surface area contributed by atoms with Gasteiger partial charge in [-0.15, -0.1) is 0 Å². The molecule has 4 aliphatic rings. The van der Waals surface area contributed by atoms with E-state index in [0.717, 1.165) is 56.3 Å². The van der Waals surface area contributed by atoms with E-state index in [1.165, 1.54) is 12.8 Å². The molecule has 1 aromatic carbocycles. The van der Waals surface area contributed by atoms with Crippen molar-refractivity contribution in [1.82, 2.24) is 10.2 Å². The Kier molecular flexibility index (Phi) is 7.86. The summed E-state index contributed by atoms with van der Waals surface area (Å²) >= 11 is 0. The molecule has 1 aliphatic carbocycles. The number of amides is 2. The van der Waals surface area contributed by atoms with Crippen molar-refractivity contribution in [2.24, 2.45) is 17.8 Å². The van der Waals surface area contributed by atoms with Gasteiger partial charge in [0.25, 0.3) is 5.91 Å². The molecule has 1 aromatic rings. The zero-order valence-corrected chi connectivity index (χ0v) is 22.4. The number of benzene rings is 1. The zero-order chi connectivity index (χ0) is 26.1. The first-order chi connectivity index (χ1) is 17.9. The highest BCUT2D eigenvalue weighted by Crippen LogP contribution is 2.34. The molecule has 0 unspecified atom stereocenters. The number of fused-ring (bicyclic) bond motifs is 1. The summed E-state index contributed by atoms with van der Waals surface area (Å²) < 4.78 is 11.2. The van der Waals surface area contributed by atoms with Crippen molar-refractivity contribution in [2.45, 2.75) is 76.7 Å². The molecule has 5 rings (SSSR count). The average molecular weight is 512 g/mol. The van der Waals surface area contributed by atoms with E-state index in [9.17, 15) is 14.4 Å². The number of ketones is 1. The lowest BCUT2D eigenvalue weighted by Gasteiger charge is -2.35. The number of methoxy groups -OCH3 is 1. The zero-order valence-electron chi connectivity index (χ0n) is 22.4. The van der Waals surface area contributed by atoms with Crippen LogP contribution in [0.2, 0.25) is 0 Å². The minimum absolute atomic E-state index is 0.000913. The highest BCUT2D eigenvalue weighted by atomic mass is 16.5. The van der Waals surface area contributed by atoms with Crippen molar-refractivity contribution in [3.05, 3.63) is 29.8 Å². The highest BCUT2D eigenvalue weighted by molar-refractivity contribution is 5.99. The van der Waals surface area contributed by atoms with E-state index >= 15 is 0 Å². The van der Waals surface area contributed by atoms with Gasteiger partial charge < -0.3 is 24.6 Å². The van der Waals surface area contributed by atoms with Gasteiger partial charge in [-0.1, -0.05) is 26.7 Å². The second kappa shape index (κ2) is 11.1. The van der Waals surface area contributed by atoms with Crippen LogP contribution >= 0.6 is 0 Å². The Bertz CT molecular complexity index is 982. The van der Waals surface area contributed by atoms with Gasteiger partial charge in [-0.2, -0.15) is 0 Å². The van der Waals surface area contributed by atoms with Crippen LogP contribution in [0.3, 0.4) is 0 Å². The second-order valence-electron chi connectivity index (χ2n) is 11.6. The predicted molar refractivity (Wildman–Crippen MR) is 140 cm³/mol. The number of ether oxygens (including phenoxy) is 2. The molecule has 3 saturated heterocycles. The van der Waals surface area contributed by atoms with Crippen LogP contribution in [-0.4, -0.2) is 80.1 Å². The summed E-state index contributed by atoms with van der Waals surface area (Å²) in [6.07, 6.45) is 5.49. The molecule has 0 radical (unpaired) electrons. The number of likely N-dealkylation sites (tertiary alicyclic amines) is 1. The fraction of sp³-hybridized carbons (Fsp3) is 0.690. The van der Waals surface area contributed by atoms with Gasteiger partial charge in [-0.3, -0.25) is 14.4 Å². The summed E-state index contributed by atoms with van der Waals surface area (Å²) in [5.74, 6) is 1.02. The molecule has 37 heavy (non-hydrogen) atoms. The van der Waals surface area contributed by atoms with Crippen LogP contribution < -0.4 is 10.2 Å². The van der Waals surface area contributed by atoms with Gasteiger partial charge in [-0.05, 0) is 67.7 Å². The van der Waals surface area contributed by atoms with E-state index in [-0.39, 0.29) is 36.2 Å². The van der Waals surface area contributed by atoms with Crippen molar-refractivity contribution in [3.63, 3.8) is 0 Å². The summed E-state index contributed by atoms with van der Waals surface area (Å²) in [6, 6.07) is 6.46. The molecule has 2 amide bonds. The summed E-state index contributed by atoms with van der Waals surface area (Å²) in [4.78, 5) is 43.7. The number of Topliss-reactive ketones (excluding diaryl/α,β-unsaturated/α-hetero) is 1. The molecule has 4 atom stereocenters. The normalized spacial score (nSPS) is 27.7. The number of nitrogens with zero attached hydrogens (tertiary/aromatic N) is 2. The first-order valence-electron chi connectivity index (χ1n) is 14.0. The Balaban J connectivity index is 1.27. The van der Waals surface area contributed by atoms with Crippen molar-refractivity contribution in [2.75, 3.05) is 38.3 Å². The first-order valence-corrected chi connectivity index (χ1v) is 14.0. The van der Waals surface area contributed by atoms with Gasteiger partial charge in [0.15, 0.2) is 5.78 Å². The topological polar surface area (TPSA) is 88.2 Å². The number of nitrogens with one attached hydrogen (secondary N) is 1. The molecule has 8 nitrogen and oxygen atoms in total. The van der Waals surface area contributed by atoms with Gasteiger partial charge >= 0.3 is 0 Å². The molecule has 1 N–H and O–H groups in total. The maximum atomic E-state index is 13.8. The van der Waals surface area contributed by atoms with Crippen LogP contribution in [0.25, 0.3) is 0 Å². The summed E-state index contributed by atoms with van der Waals surface area (Å²) in [6.45, 7) is 6.98. The third-order valence-corrected chi connectivity index (χ3v) is 9.12. The summed E-state index contributed by atoms with van der Waals surface area (Å²) in [5.41, 5.74) is 1.68. The fourth-order valence-electron chi connectivity index (χ4n) is 6.77. The van der Waals surface area contributed by atoms with E-state index in [2.05, 4.69) is 24.1 Å². The van der Waals surface area contributed by atoms with Gasteiger partial charge in [0, 0.05) is 31.5 Å². The van der Waals surface area contributed by atoms with Gasteiger partial charge in [0.2, 0.25) is 5.91 Å². The molecule has 0 aromatic heterocycles. The number of piperidine rings is 1. The van der Waals surface area contributed by atoms with E-state index in [0.29, 0.717) is 12.1 Å². The summed E-state index contributed by atoms with van der Waals surface area (Å²) in [7, 11) is 1.58. The molecular weight excluding hydrogens is 470 g/mol. The Morgan fingerprint density at radius 3 is 2.32 bits per heavy atom. The van der Waals surface area contributed by atoms with Crippen molar-refractivity contribution in [3.8, 4) is 0 Å². The number of hydrogen-bond acceptors (Lipinski definition) is 6. The predicted octanol–water partition coefficient (Wildman–Crippen LogP) is 3.04. The third-order valence-electron chi connectivity index (χ3n) is 9.12. The highest BCUT2D eigenvalue weighted by Gasteiger charge is 2.54. The summed E-state index contributed by atoms with van der Waals surface area (Å²) in [5, 5.41) is 3.06. The van der Waals surface area contributed by atoms with Gasteiger partial charge in [0.05, 0.1) is 6.54 Å². The molecular formula is C29H41N3O5. The standard InChI is InChI=1S/C29H41N3O5/c1-18(2)19-12-14-31(15-13-19)22-10-8-21(9-11-22)28(34)30-25(20-6-4-5-7-20)29(35)32-16-24(36-3)27-26(32)23(33)17-37-27/h8-11,18-20,24-27H,4-7,12-17H2,1-3H3,(H,30,34)/t24-,25-,26+,27+/m0/s1. The fourth-order valence-corrected chi connectivity index (χ4v) is 6.77. The van der Waals surface area contributed by atoms with Crippen LogP contribution in [0, 0.1) is 17.8 Å². The van der Waals surface area contributed by atoms with Crippen molar-refractivity contribution < 1.29 is 23.9 Å². The van der Waals surface area contributed by atoms with Crippen LogP contribution in [-0.2, 0) is 19.1 Å². The maximum absolute atomic E-state index is 13.8. The molecule has 0 spiro atoms. The number of anilines is 1. The molecule has 3 aliphatic heterocycles. The number of carbonyl (C=O) groups excluding carboxylic acids is 3. The van der Waals surface area contributed by atoms with Crippen molar-refractivity contribution in [1.29, 1.82) is 0 Å². The molecule has 4 fully saturated rings. The number of carbonyl (C=O) groups is 3.